The first-order chi connectivity index (χ1) is 7.45. The third-order valence-electron chi connectivity index (χ3n) is 3.46. The molecule has 1 heterocycles. The molecular weight excluding hydrogens is 184 g/mol. The predicted molar refractivity (Wildman–Crippen MR) is 62.2 cm³/mol. The third kappa shape index (κ3) is 1.54. The molecule has 0 N–H and O–H groups in total. The van der Waals surface area contributed by atoms with Gasteiger partial charge in [0.1, 0.15) is 0 Å². The van der Waals surface area contributed by atoms with Crippen molar-refractivity contribution in [1.29, 1.82) is 0 Å². The van der Waals surface area contributed by atoms with E-state index in [-0.39, 0.29) is 0 Å². The summed E-state index contributed by atoms with van der Waals surface area (Å²) in [5, 5.41) is 0. The van der Waals surface area contributed by atoms with E-state index in [2.05, 4.69) is 34.2 Å². The fourth-order valence-electron chi connectivity index (χ4n) is 2.70. The van der Waals surface area contributed by atoms with Crippen molar-refractivity contribution < 1.29 is 0 Å². The van der Waals surface area contributed by atoms with Gasteiger partial charge >= 0.3 is 0 Å². The highest BCUT2D eigenvalue weighted by atomic mass is 15.2. The minimum atomic E-state index is 0.584. The lowest BCUT2D eigenvalue weighted by Crippen LogP contribution is -2.28. The lowest BCUT2D eigenvalue weighted by atomic mass is 9.87. The average molecular weight is 200 g/mol. The van der Waals surface area contributed by atoms with Gasteiger partial charge in [-0.2, -0.15) is 0 Å². The van der Waals surface area contributed by atoms with Crippen LogP contribution in [0.5, 0.6) is 0 Å². The molecular formula is C13H16N2. The normalized spacial score (nSPS) is 24.3. The van der Waals surface area contributed by atoms with Crippen LogP contribution in [0.4, 0.5) is 0 Å². The van der Waals surface area contributed by atoms with E-state index >= 15 is 0 Å². The molecule has 1 aliphatic heterocycles. The summed E-state index contributed by atoms with van der Waals surface area (Å²) in [4.78, 5) is 6.71. The molecule has 0 saturated heterocycles. The molecule has 1 aromatic carbocycles. The Labute approximate surface area is 90.6 Å². The quantitative estimate of drug-likeness (QED) is 0.679. The van der Waals surface area contributed by atoms with E-state index in [0.29, 0.717) is 6.04 Å². The van der Waals surface area contributed by atoms with Crippen molar-refractivity contribution in [1.82, 2.24) is 4.90 Å². The van der Waals surface area contributed by atoms with Crippen molar-refractivity contribution in [3.05, 3.63) is 35.4 Å². The van der Waals surface area contributed by atoms with Crippen molar-refractivity contribution in [2.45, 2.75) is 25.3 Å². The molecule has 1 unspecified atom stereocenters. The zero-order chi connectivity index (χ0) is 10.1. The Morgan fingerprint density at radius 3 is 3.07 bits per heavy atom. The molecule has 0 aromatic heterocycles. The minimum Gasteiger partial charge on any atom is -0.354 e. The first-order valence-corrected chi connectivity index (χ1v) is 5.78. The zero-order valence-electron chi connectivity index (χ0n) is 8.89. The van der Waals surface area contributed by atoms with Gasteiger partial charge in [0.15, 0.2) is 0 Å². The van der Waals surface area contributed by atoms with Gasteiger partial charge in [0.25, 0.3) is 0 Å². The standard InChI is InChI=1S/C13H16N2/c1-2-6-12-11(4-1)5-3-7-13(12)15-9-8-14-10-15/h1-2,4,6,10,13H,3,5,7-9H2. The second kappa shape index (κ2) is 3.69. The maximum atomic E-state index is 4.31. The van der Waals surface area contributed by atoms with E-state index in [1.807, 2.05) is 6.34 Å². The largest absolute Gasteiger partial charge is 0.354 e. The Kier molecular flexibility index (Phi) is 2.20. The molecule has 0 bridgehead atoms. The summed E-state index contributed by atoms with van der Waals surface area (Å²) in [6, 6.07) is 9.45. The van der Waals surface area contributed by atoms with Gasteiger partial charge in [-0.1, -0.05) is 24.3 Å². The fourth-order valence-corrected chi connectivity index (χ4v) is 2.70. The van der Waals surface area contributed by atoms with Crippen molar-refractivity contribution in [3.8, 4) is 0 Å². The van der Waals surface area contributed by atoms with Crippen molar-refractivity contribution in [2.24, 2.45) is 4.99 Å². The van der Waals surface area contributed by atoms with Gasteiger partial charge in [-0.25, -0.2) is 0 Å². The molecule has 1 aliphatic carbocycles. The van der Waals surface area contributed by atoms with Crippen LogP contribution in [-0.4, -0.2) is 24.3 Å². The van der Waals surface area contributed by atoms with E-state index in [0.717, 1.165) is 13.1 Å². The lowest BCUT2D eigenvalue weighted by Gasteiger charge is -2.32. The van der Waals surface area contributed by atoms with Crippen molar-refractivity contribution >= 4 is 6.34 Å². The number of aliphatic imine (C=N–C) groups is 1. The maximum absolute atomic E-state index is 4.31. The highest BCUT2D eigenvalue weighted by Crippen LogP contribution is 2.33. The van der Waals surface area contributed by atoms with Crippen LogP contribution in [-0.2, 0) is 6.42 Å². The van der Waals surface area contributed by atoms with E-state index in [1.54, 1.807) is 0 Å². The molecule has 2 heteroatoms. The van der Waals surface area contributed by atoms with Gasteiger partial charge in [0.05, 0.1) is 18.9 Å². The molecule has 1 atom stereocenters. The summed E-state index contributed by atoms with van der Waals surface area (Å²) in [6.07, 6.45) is 5.87. The van der Waals surface area contributed by atoms with Crippen LogP contribution in [0.1, 0.15) is 30.0 Å². The smallest absolute Gasteiger partial charge is 0.0856 e. The number of hydrogen-bond donors (Lipinski definition) is 0. The molecule has 15 heavy (non-hydrogen) atoms. The minimum absolute atomic E-state index is 0.584. The number of aryl methyl sites for hydroxylation is 1. The summed E-state index contributed by atoms with van der Waals surface area (Å²) in [5.41, 5.74) is 3.06. The molecule has 2 aliphatic rings. The second-order valence-electron chi connectivity index (χ2n) is 4.37. The maximum Gasteiger partial charge on any atom is 0.0856 e. The van der Waals surface area contributed by atoms with Gasteiger partial charge in [-0.3, -0.25) is 4.99 Å². The summed E-state index contributed by atoms with van der Waals surface area (Å²) in [5.74, 6) is 0. The Bertz CT molecular complexity index is 384. The van der Waals surface area contributed by atoms with E-state index in [1.165, 1.54) is 30.4 Å². The molecule has 0 amide bonds. The molecule has 3 rings (SSSR count). The number of rotatable bonds is 1. The Balaban J connectivity index is 1.95. The van der Waals surface area contributed by atoms with Gasteiger partial charge in [0, 0.05) is 6.54 Å². The van der Waals surface area contributed by atoms with Gasteiger partial charge in [-0.15, -0.1) is 0 Å². The Hall–Kier alpha value is -1.31. The van der Waals surface area contributed by atoms with Crippen LogP contribution in [0, 0.1) is 0 Å². The topological polar surface area (TPSA) is 15.6 Å². The highest BCUT2D eigenvalue weighted by molar-refractivity contribution is 5.58. The summed E-state index contributed by atoms with van der Waals surface area (Å²) < 4.78 is 0. The van der Waals surface area contributed by atoms with Crippen LogP contribution in [0.25, 0.3) is 0 Å². The number of benzene rings is 1. The summed E-state index contributed by atoms with van der Waals surface area (Å²) in [6.45, 7) is 2.07. The van der Waals surface area contributed by atoms with E-state index in [9.17, 15) is 0 Å². The molecule has 0 saturated carbocycles. The highest BCUT2D eigenvalue weighted by Gasteiger charge is 2.25. The van der Waals surface area contributed by atoms with Crippen LogP contribution < -0.4 is 0 Å². The lowest BCUT2D eigenvalue weighted by molar-refractivity contribution is 0.313. The SMILES string of the molecule is C1=NCCN1C1CCCc2ccccc21. The summed E-state index contributed by atoms with van der Waals surface area (Å²) in [7, 11) is 0. The summed E-state index contributed by atoms with van der Waals surface area (Å²) >= 11 is 0. The first-order valence-electron chi connectivity index (χ1n) is 5.78. The van der Waals surface area contributed by atoms with Crippen LogP contribution in [0.15, 0.2) is 29.3 Å². The van der Waals surface area contributed by atoms with E-state index in [4.69, 9.17) is 0 Å². The molecule has 0 fully saturated rings. The second-order valence-corrected chi connectivity index (χ2v) is 4.37. The molecule has 0 spiro atoms. The van der Waals surface area contributed by atoms with E-state index < -0.39 is 0 Å². The van der Waals surface area contributed by atoms with Crippen molar-refractivity contribution in [2.75, 3.05) is 13.1 Å². The third-order valence-corrected chi connectivity index (χ3v) is 3.46. The average Bonchev–Trinajstić information content (AvgIpc) is 2.82. The molecule has 0 radical (unpaired) electrons. The Morgan fingerprint density at radius 1 is 1.27 bits per heavy atom. The first kappa shape index (κ1) is 8.96. The van der Waals surface area contributed by atoms with Crippen LogP contribution in [0.2, 0.25) is 0 Å². The van der Waals surface area contributed by atoms with Gasteiger partial charge in [0.2, 0.25) is 0 Å². The van der Waals surface area contributed by atoms with Gasteiger partial charge < -0.3 is 4.90 Å². The van der Waals surface area contributed by atoms with Crippen LogP contribution >= 0.6 is 0 Å². The molecule has 2 nitrogen and oxygen atoms in total. The predicted octanol–water partition coefficient (Wildman–Crippen LogP) is 2.41. The monoisotopic (exact) mass is 200 g/mol. The zero-order valence-corrected chi connectivity index (χ0v) is 8.89. The number of hydrogen-bond acceptors (Lipinski definition) is 2. The fraction of sp³-hybridized carbons (Fsp3) is 0.462. The van der Waals surface area contributed by atoms with Crippen LogP contribution in [0.3, 0.4) is 0 Å². The van der Waals surface area contributed by atoms with Crippen molar-refractivity contribution in [3.63, 3.8) is 0 Å². The number of fused-ring (bicyclic) bond motifs is 1. The Morgan fingerprint density at radius 2 is 2.20 bits per heavy atom. The number of nitrogens with zero attached hydrogens (tertiary/aromatic N) is 2. The van der Waals surface area contributed by atoms with Gasteiger partial charge in [-0.05, 0) is 30.4 Å². The molecule has 1 aromatic rings. The molecule has 78 valence electrons.